The Labute approximate surface area is 178 Å². The van der Waals surface area contributed by atoms with Crippen LogP contribution in [-0.2, 0) is 10.0 Å². The molecule has 0 unspecified atom stereocenters. The van der Waals surface area contributed by atoms with Gasteiger partial charge in [0.1, 0.15) is 15.5 Å². The van der Waals surface area contributed by atoms with Crippen molar-refractivity contribution in [2.24, 2.45) is 0 Å². The third kappa shape index (κ3) is 3.57. The van der Waals surface area contributed by atoms with E-state index in [1.54, 1.807) is 35.7 Å². The standard InChI is InChI=1S/C21H19N3O4S2/c1-14-7-4-5-10-17(14)20-22-21(28-23-20)19-18(11-12-29-19)30(25,26)24(2)15-8-6-9-16(13-15)27-3/h4-13H,1-3H3. The van der Waals surface area contributed by atoms with Crippen molar-refractivity contribution in [3.05, 3.63) is 65.5 Å². The first-order chi connectivity index (χ1) is 14.4. The van der Waals surface area contributed by atoms with Crippen molar-refractivity contribution in [2.45, 2.75) is 11.8 Å². The summed E-state index contributed by atoms with van der Waals surface area (Å²) in [5.41, 5.74) is 2.32. The molecular formula is C21H19N3O4S2. The summed E-state index contributed by atoms with van der Waals surface area (Å²) >= 11 is 1.24. The van der Waals surface area contributed by atoms with E-state index in [-0.39, 0.29) is 10.8 Å². The minimum absolute atomic E-state index is 0.109. The number of anilines is 1. The number of sulfonamides is 1. The summed E-state index contributed by atoms with van der Waals surface area (Å²) in [7, 11) is -0.824. The predicted molar refractivity (Wildman–Crippen MR) is 116 cm³/mol. The highest BCUT2D eigenvalue weighted by Gasteiger charge is 2.29. The molecule has 0 aliphatic heterocycles. The van der Waals surface area contributed by atoms with Gasteiger partial charge in [-0.3, -0.25) is 4.31 Å². The fraction of sp³-hybridized carbons (Fsp3) is 0.143. The molecule has 2 heterocycles. The van der Waals surface area contributed by atoms with Crippen LogP contribution in [0.1, 0.15) is 5.56 Å². The Kier molecular flexibility index (Phi) is 5.31. The van der Waals surface area contributed by atoms with Crippen molar-refractivity contribution in [1.82, 2.24) is 10.1 Å². The lowest BCUT2D eigenvalue weighted by Crippen LogP contribution is -2.26. The zero-order chi connectivity index (χ0) is 21.3. The highest BCUT2D eigenvalue weighted by Crippen LogP contribution is 2.36. The van der Waals surface area contributed by atoms with Crippen molar-refractivity contribution in [3.63, 3.8) is 0 Å². The zero-order valence-corrected chi connectivity index (χ0v) is 18.2. The Morgan fingerprint density at radius 3 is 2.67 bits per heavy atom. The third-order valence-corrected chi connectivity index (χ3v) is 7.55. The molecule has 0 N–H and O–H groups in total. The highest BCUT2D eigenvalue weighted by molar-refractivity contribution is 7.93. The van der Waals surface area contributed by atoms with Crippen LogP contribution in [0.5, 0.6) is 5.75 Å². The topological polar surface area (TPSA) is 85.5 Å². The van der Waals surface area contributed by atoms with Crippen molar-refractivity contribution in [2.75, 3.05) is 18.5 Å². The van der Waals surface area contributed by atoms with Crippen LogP contribution in [0.25, 0.3) is 22.2 Å². The molecule has 7 nitrogen and oxygen atoms in total. The summed E-state index contributed by atoms with van der Waals surface area (Å²) in [4.78, 5) is 4.96. The smallest absolute Gasteiger partial charge is 0.269 e. The number of aryl methyl sites for hydroxylation is 1. The van der Waals surface area contributed by atoms with E-state index in [0.29, 0.717) is 22.1 Å². The summed E-state index contributed by atoms with van der Waals surface area (Å²) in [6.45, 7) is 1.95. The van der Waals surface area contributed by atoms with Crippen LogP contribution in [0.4, 0.5) is 5.69 Å². The summed E-state index contributed by atoms with van der Waals surface area (Å²) in [6.07, 6.45) is 0. The average molecular weight is 442 g/mol. The molecule has 2 aromatic heterocycles. The second kappa shape index (κ2) is 7.92. The predicted octanol–water partition coefficient (Wildman–Crippen LogP) is 4.61. The number of hydrogen-bond donors (Lipinski definition) is 0. The van der Waals surface area contributed by atoms with Crippen molar-refractivity contribution in [3.8, 4) is 27.9 Å². The molecule has 0 bridgehead atoms. The Morgan fingerprint density at radius 1 is 1.10 bits per heavy atom. The quantitative estimate of drug-likeness (QED) is 0.434. The fourth-order valence-electron chi connectivity index (χ4n) is 3.00. The molecule has 4 rings (SSSR count). The zero-order valence-electron chi connectivity index (χ0n) is 16.6. The molecule has 0 amide bonds. The van der Waals surface area contributed by atoms with Gasteiger partial charge in [-0.2, -0.15) is 4.98 Å². The lowest BCUT2D eigenvalue weighted by Gasteiger charge is -2.19. The van der Waals surface area contributed by atoms with Crippen LogP contribution in [0.15, 0.2) is 69.4 Å². The highest BCUT2D eigenvalue weighted by atomic mass is 32.2. The number of thiophene rings is 1. The first kappa shape index (κ1) is 20.1. The summed E-state index contributed by atoms with van der Waals surface area (Å²) in [5.74, 6) is 1.15. The van der Waals surface area contributed by atoms with E-state index >= 15 is 0 Å². The molecule has 9 heteroatoms. The number of ether oxygens (including phenoxy) is 1. The van der Waals surface area contributed by atoms with Crippen molar-refractivity contribution in [1.29, 1.82) is 0 Å². The monoisotopic (exact) mass is 441 g/mol. The molecule has 0 saturated carbocycles. The molecular weight excluding hydrogens is 422 g/mol. The molecule has 0 aliphatic carbocycles. The molecule has 0 atom stereocenters. The number of methoxy groups -OCH3 is 1. The second-order valence-electron chi connectivity index (χ2n) is 6.53. The lowest BCUT2D eigenvalue weighted by molar-refractivity contribution is 0.415. The third-order valence-electron chi connectivity index (χ3n) is 4.69. The SMILES string of the molecule is COc1cccc(N(C)S(=O)(=O)c2ccsc2-c2nc(-c3ccccc3C)no2)c1. The van der Waals surface area contributed by atoms with Gasteiger partial charge < -0.3 is 9.26 Å². The maximum Gasteiger partial charge on any atom is 0.269 e. The van der Waals surface area contributed by atoms with Gasteiger partial charge in [0.25, 0.3) is 15.9 Å². The first-order valence-electron chi connectivity index (χ1n) is 9.02. The summed E-state index contributed by atoms with van der Waals surface area (Å²) < 4.78 is 38.5. The number of hydrogen-bond acceptors (Lipinski definition) is 7. The van der Waals surface area contributed by atoms with Gasteiger partial charge in [0.15, 0.2) is 0 Å². The minimum atomic E-state index is -3.86. The number of aromatic nitrogens is 2. The van der Waals surface area contributed by atoms with Crippen LogP contribution in [0.3, 0.4) is 0 Å². The van der Waals surface area contributed by atoms with E-state index in [1.807, 2.05) is 31.2 Å². The van der Waals surface area contributed by atoms with Gasteiger partial charge in [0.05, 0.1) is 12.8 Å². The molecule has 0 aliphatic rings. The van der Waals surface area contributed by atoms with Crippen LogP contribution in [0, 0.1) is 6.92 Å². The number of rotatable bonds is 6. The maximum absolute atomic E-state index is 13.3. The van der Waals surface area contributed by atoms with Gasteiger partial charge >= 0.3 is 0 Å². The minimum Gasteiger partial charge on any atom is -0.497 e. The van der Waals surface area contributed by atoms with E-state index in [0.717, 1.165) is 11.1 Å². The Balaban J connectivity index is 1.72. The fourth-order valence-corrected chi connectivity index (χ4v) is 5.50. The molecule has 154 valence electrons. The van der Waals surface area contributed by atoms with Crippen LogP contribution >= 0.6 is 11.3 Å². The molecule has 0 spiro atoms. The molecule has 2 aromatic carbocycles. The van der Waals surface area contributed by atoms with Crippen LogP contribution < -0.4 is 9.04 Å². The van der Waals surface area contributed by atoms with E-state index in [2.05, 4.69) is 10.1 Å². The van der Waals surface area contributed by atoms with Gasteiger partial charge in [-0.15, -0.1) is 11.3 Å². The summed E-state index contributed by atoms with van der Waals surface area (Å²) in [6, 6.07) is 16.1. The van der Waals surface area contributed by atoms with Crippen LogP contribution in [-0.4, -0.2) is 32.7 Å². The molecule has 4 aromatic rings. The second-order valence-corrected chi connectivity index (χ2v) is 9.38. The van der Waals surface area contributed by atoms with Gasteiger partial charge in [0.2, 0.25) is 5.82 Å². The van der Waals surface area contributed by atoms with E-state index in [4.69, 9.17) is 9.26 Å². The van der Waals surface area contributed by atoms with Gasteiger partial charge in [0, 0.05) is 18.7 Å². The van der Waals surface area contributed by atoms with E-state index in [9.17, 15) is 8.42 Å². The van der Waals surface area contributed by atoms with Crippen molar-refractivity contribution >= 4 is 27.0 Å². The van der Waals surface area contributed by atoms with Gasteiger partial charge in [-0.25, -0.2) is 8.42 Å². The molecule has 0 fully saturated rings. The average Bonchev–Trinajstić information content (AvgIpc) is 3.43. The van der Waals surface area contributed by atoms with E-state index in [1.165, 1.54) is 29.8 Å². The normalized spacial score (nSPS) is 11.4. The molecule has 30 heavy (non-hydrogen) atoms. The first-order valence-corrected chi connectivity index (χ1v) is 11.3. The van der Waals surface area contributed by atoms with Crippen LogP contribution in [0.2, 0.25) is 0 Å². The molecule has 0 radical (unpaired) electrons. The lowest BCUT2D eigenvalue weighted by atomic mass is 10.1. The summed E-state index contributed by atoms with van der Waals surface area (Å²) in [5, 5.41) is 5.74. The Bertz CT molecular complexity index is 1290. The maximum atomic E-state index is 13.3. The number of benzene rings is 2. The van der Waals surface area contributed by atoms with E-state index < -0.39 is 10.0 Å². The van der Waals surface area contributed by atoms with Gasteiger partial charge in [-0.05, 0) is 36.1 Å². The number of nitrogens with zero attached hydrogens (tertiary/aromatic N) is 3. The molecule has 0 saturated heterocycles. The Morgan fingerprint density at radius 2 is 1.90 bits per heavy atom. The van der Waals surface area contributed by atoms with Crippen molar-refractivity contribution < 1.29 is 17.7 Å². The van der Waals surface area contributed by atoms with Gasteiger partial charge in [-0.1, -0.05) is 35.5 Å². The Hall–Kier alpha value is -3.17. The largest absolute Gasteiger partial charge is 0.497 e.